The first-order chi connectivity index (χ1) is 11.0. The third-order valence-electron chi connectivity index (χ3n) is 3.59. The maximum atomic E-state index is 12.5. The van der Waals surface area contributed by atoms with Crippen molar-refractivity contribution in [3.63, 3.8) is 0 Å². The van der Waals surface area contributed by atoms with Gasteiger partial charge in [0.25, 0.3) is 5.91 Å². The summed E-state index contributed by atoms with van der Waals surface area (Å²) >= 11 is 9.23. The van der Waals surface area contributed by atoms with E-state index >= 15 is 0 Å². The maximum absolute atomic E-state index is 12.5. The van der Waals surface area contributed by atoms with E-state index in [4.69, 9.17) is 11.6 Å². The molecule has 0 unspecified atom stereocenters. The van der Waals surface area contributed by atoms with Crippen molar-refractivity contribution in [2.45, 2.75) is 6.54 Å². The lowest BCUT2D eigenvalue weighted by Crippen LogP contribution is -2.35. The quantitative estimate of drug-likeness (QED) is 0.809. The molecule has 0 spiro atoms. The molecule has 3 rings (SSSR count). The zero-order valence-corrected chi connectivity index (χ0v) is 14.5. The number of aromatic nitrogens is 2. The molecular formula is C15H12BrClN4O2. The van der Waals surface area contributed by atoms with E-state index in [9.17, 15) is 9.59 Å². The van der Waals surface area contributed by atoms with Crippen LogP contribution in [0.15, 0.2) is 28.9 Å². The molecule has 0 atom stereocenters. The monoisotopic (exact) mass is 394 g/mol. The minimum Gasteiger partial charge on any atom is -0.358 e. The summed E-state index contributed by atoms with van der Waals surface area (Å²) in [6.45, 7) is 0.468. The van der Waals surface area contributed by atoms with Crippen molar-refractivity contribution in [3.8, 4) is 11.3 Å². The van der Waals surface area contributed by atoms with Crippen LogP contribution >= 0.6 is 27.5 Å². The van der Waals surface area contributed by atoms with Crippen molar-refractivity contribution < 1.29 is 9.59 Å². The van der Waals surface area contributed by atoms with E-state index in [1.54, 1.807) is 19.3 Å². The Morgan fingerprint density at radius 1 is 1.48 bits per heavy atom. The van der Waals surface area contributed by atoms with Crippen LogP contribution in [0.5, 0.6) is 0 Å². The summed E-state index contributed by atoms with van der Waals surface area (Å²) in [5.41, 5.74) is 2.84. The van der Waals surface area contributed by atoms with Gasteiger partial charge in [-0.05, 0) is 39.2 Å². The predicted molar refractivity (Wildman–Crippen MR) is 89.0 cm³/mol. The zero-order valence-electron chi connectivity index (χ0n) is 12.1. The average Bonchev–Trinajstić information content (AvgIpc) is 2.85. The van der Waals surface area contributed by atoms with Crippen LogP contribution in [0.2, 0.25) is 5.28 Å². The van der Waals surface area contributed by atoms with E-state index in [0.717, 1.165) is 11.1 Å². The molecule has 23 heavy (non-hydrogen) atoms. The van der Waals surface area contributed by atoms with E-state index in [2.05, 4.69) is 31.2 Å². The van der Waals surface area contributed by atoms with Crippen LogP contribution in [0.1, 0.15) is 15.9 Å². The fourth-order valence-corrected chi connectivity index (χ4v) is 2.99. The maximum Gasteiger partial charge on any atom is 0.254 e. The molecule has 6 nitrogen and oxygen atoms in total. The first kappa shape index (κ1) is 15.9. The molecule has 2 aromatic rings. The van der Waals surface area contributed by atoms with E-state index in [1.807, 2.05) is 12.1 Å². The molecular weight excluding hydrogens is 384 g/mol. The van der Waals surface area contributed by atoms with E-state index in [0.29, 0.717) is 22.3 Å². The van der Waals surface area contributed by atoms with Gasteiger partial charge >= 0.3 is 0 Å². The van der Waals surface area contributed by atoms with Crippen LogP contribution in [-0.4, -0.2) is 40.3 Å². The lowest BCUT2D eigenvalue weighted by Gasteiger charge is -2.13. The third-order valence-corrected chi connectivity index (χ3v) is 4.35. The number of likely N-dealkylation sites (N-methyl/N-ethyl adjacent to an activating group) is 1. The Bertz CT molecular complexity index is 812. The Kier molecular flexibility index (Phi) is 4.32. The predicted octanol–water partition coefficient (Wildman–Crippen LogP) is 2.26. The Labute approximate surface area is 146 Å². The van der Waals surface area contributed by atoms with E-state index in [-0.39, 0.29) is 23.6 Å². The minimum absolute atomic E-state index is 0.0440. The number of amides is 2. The summed E-state index contributed by atoms with van der Waals surface area (Å²) in [5.74, 6) is -0.363. The Morgan fingerprint density at radius 2 is 2.26 bits per heavy atom. The lowest BCUT2D eigenvalue weighted by atomic mass is 10.0. The number of carbonyl (C=O) groups excluding carboxylic acids is 2. The average molecular weight is 396 g/mol. The van der Waals surface area contributed by atoms with Crippen molar-refractivity contribution in [3.05, 3.63) is 45.3 Å². The van der Waals surface area contributed by atoms with Crippen molar-refractivity contribution in [1.29, 1.82) is 0 Å². The SMILES string of the molecule is CNC(=O)CN1Cc2ccc(-c3nc(Cl)ncc3Br)cc2C1=O. The standard InChI is InChI=1S/C15H12BrClN4O2/c1-18-12(22)7-21-6-9-3-2-8(4-10(9)14(21)23)13-11(16)5-19-15(17)20-13/h2-5H,6-7H2,1H3,(H,18,22). The van der Waals surface area contributed by atoms with Crippen molar-refractivity contribution >= 4 is 39.3 Å². The number of hydrogen-bond donors (Lipinski definition) is 1. The first-order valence-corrected chi connectivity index (χ1v) is 7.98. The van der Waals surface area contributed by atoms with Gasteiger partial charge in [-0.15, -0.1) is 0 Å². The summed E-state index contributed by atoms with van der Waals surface area (Å²) < 4.78 is 0.689. The van der Waals surface area contributed by atoms with Crippen molar-refractivity contribution in [2.75, 3.05) is 13.6 Å². The topological polar surface area (TPSA) is 75.2 Å². The van der Waals surface area contributed by atoms with Gasteiger partial charge in [-0.1, -0.05) is 12.1 Å². The Hall–Kier alpha value is -1.99. The molecule has 2 heterocycles. The van der Waals surface area contributed by atoms with Gasteiger partial charge in [0.1, 0.15) is 6.54 Å². The highest BCUT2D eigenvalue weighted by Crippen LogP contribution is 2.31. The number of halogens is 2. The summed E-state index contributed by atoms with van der Waals surface area (Å²) in [4.78, 5) is 33.5. The van der Waals surface area contributed by atoms with Gasteiger partial charge in [-0.25, -0.2) is 9.97 Å². The van der Waals surface area contributed by atoms with Crippen LogP contribution in [0.4, 0.5) is 0 Å². The molecule has 1 aliphatic heterocycles. The second kappa shape index (κ2) is 6.25. The highest BCUT2D eigenvalue weighted by Gasteiger charge is 2.29. The van der Waals surface area contributed by atoms with Gasteiger partial charge in [0.05, 0.1) is 10.2 Å². The summed E-state index contributed by atoms with van der Waals surface area (Å²) in [6.07, 6.45) is 1.57. The molecule has 0 aliphatic carbocycles. The number of carbonyl (C=O) groups is 2. The minimum atomic E-state index is -0.197. The van der Waals surface area contributed by atoms with Gasteiger partial charge in [0.15, 0.2) is 0 Å². The molecule has 0 saturated carbocycles. The molecule has 1 N–H and O–H groups in total. The van der Waals surface area contributed by atoms with Crippen LogP contribution in [0, 0.1) is 0 Å². The van der Waals surface area contributed by atoms with Gasteiger partial charge in [-0.2, -0.15) is 0 Å². The molecule has 1 aliphatic rings. The van der Waals surface area contributed by atoms with Crippen LogP contribution < -0.4 is 5.32 Å². The largest absolute Gasteiger partial charge is 0.358 e. The Balaban J connectivity index is 1.95. The van der Waals surface area contributed by atoms with Crippen molar-refractivity contribution in [2.24, 2.45) is 0 Å². The Morgan fingerprint density at radius 3 is 3.00 bits per heavy atom. The molecule has 0 saturated heterocycles. The van der Waals surface area contributed by atoms with Gasteiger partial charge in [0.2, 0.25) is 11.2 Å². The van der Waals surface area contributed by atoms with E-state index in [1.165, 1.54) is 4.90 Å². The third kappa shape index (κ3) is 3.07. The highest BCUT2D eigenvalue weighted by atomic mass is 79.9. The molecule has 0 bridgehead atoms. The number of hydrogen-bond acceptors (Lipinski definition) is 4. The first-order valence-electron chi connectivity index (χ1n) is 6.81. The number of benzene rings is 1. The number of nitrogens with zero attached hydrogens (tertiary/aromatic N) is 3. The molecule has 0 fully saturated rings. The summed E-state index contributed by atoms with van der Waals surface area (Å²) in [5, 5.41) is 2.65. The molecule has 8 heteroatoms. The van der Waals surface area contributed by atoms with Gasteiger partial charge in [0, 0.05) is 30.9 Å². The van der Waals surface area contributed by atoms with Crippen LogP contribution in [-0.2, 0) is 11.3 Å². The summed E-state index contributed by atoms with van der Waals surface area (Å²) in [7, 11) is 1.55. The number of rotatable bonds is 3. The second-order valence-corrected chi connectivity index (χ2v) is 6.23. The fourth-order valence-electron chi connectivity index (χ4n) is 2.44. The number of fused-ring (bicyclic) bond motifs is 1. The highest BCUT2D eigenvalue weighted by molar-refractivity contribution is 9.10. The van der Waals surface area contributed by atoms with Gasteiger partial charge < -0.3 is 10.2 Å². The lowest BCUT2D eigenvalue weighted by molar-refractivity contribution is -0.121. The van der Waals surface area contributed by atoms with Crippen LogP contribution in [0.3, 0.4) is 0 Å². The molecule has 118 valence electrons. The molecule has 2 amide bonds. The van der Waals surface area contributed by atoms with Crippen LogP contribution in [0.25, 0.3) is 11.3 Å². The molecule has 1 aromatic heterocycles. The summed E-state index contributed by atoms with van der Waals surface area (Å²) in [6, 6.07) is 5.51. The smallest absolute Gasteiger partial charge is 0.254 e. The molecule has 0 radical (unpaired) electrons. The molecule has 1 aromatic carbocycles. The van der Waals surface area contributed by atoms with E-state index < -0.39 is 0 Å². The second-order valence-electron chi connectivity index (χ2n) is 5.04. The fraction of sp³-hybridized carbons (Fsp3) is 0.200. The van der Waals surface area contributed by atoms with Crippen molar-refractivity contribution in [1.82, 2.24) is 20.2 Å². The zero-order chi connectivity index (χ0) is 16.6. The normalized spacial score (nSPS) is 13.2. The number of nitrogens with one attached hydrogen (secondary N) is 1. The van der Waals surface area contributed by atoms with Gasteiger partial charge in [-0.3, -0.25) is 9.59 Å².